The third-order valence-electron chi connectivity index (χ3n) is 3.84. The smallest absolute Gasteiger partial charge is 0.232 e. The number of thiazole rings is 1. The Morgan fingerprint density at radius 3 is 2.58 bits per heavy atom. The van der Waals surface area contributed by atoms with Crippen molar-refractivity contribution in [2.24, 2.45) is 0 Å². The average Bonchev–Trinajstić information content (AvgIpc) is 3.29. The maximum Gasteiger partial charge on any atom is 0.232 e. The van der Waals surface area contributed by atoms with Crippen LogP contribution < -0.4 is 5.73 Å². The number of nitrogen functional groups attached to an aromatic ring is 1. The lowest BCUT2D eigenvalue weighted by Gasteiger charge is -2.12. The zero-order chi connectivity index (χ0) is 18.3. The zero-order valence-electron chi connectivity index (χ0n) is 14.2. The number of fused-ring (bicyclic) bond motifs is 1. The van der Waals surface area contributed by atoms with Crippen molar-refractivity contribution in [1.29, 1.82) is 0 Å². The first kappa shape index (κ1) is 17.4. The van der Waals surface area contributed by atoms with Crippen LogP contribution in [-0.2, 0) is 11.2 Å². The summed E-state index contributed by atoms with van der Waals surface area (Å²) in [5.41, 5.74) is 8.62. The fourth-order valence-electron chi connectivity index (χ4n) is 2.60. The van der Waals surface area contributed by atoms with Gasteiger partial charge in [-0.3, -0.25) is 0 Å². The Labute approximate surface area is 162 Å². The minimum atomic E-state index is -1.17. The van der Waals surface area contributed by atoms with Crippen LogP contribution in [0.4, 0.5) is 5.69 Å². The summed E-state index contributed by atoms with van der Waals surface area (Å²) in [5.74, 6) is 0.564. The highest BCUT2D eigenvalue weighted by atomic mass is 32.2. The summed E-state index contributed by atoms with van der Waals surface area (Å²) in [7, 11) is 0. The van der Waals surface area contributed by atoms with E-state index in [1.54, 1.807) is 6.20 Å². The average molecular weight is 401 g/mol. The summed E-state index contributed by atoms with van der Waals surface area (Å²) in [6.07, 6.45) is 1.73. The normalized spacial score (nSPS) is 12.8. The van der Waals surface area contributed by atoms with Crippen LogP contribution in [0.1, 0.15) is 13.8 Å². The van der Waals surface area contributed by atoms with Gasteiger partial charge in [-0.05, 0) is 13.8 Å². The van der Waals surface area contributed by atoms with Gasteiger partial charge in [0.1, 0.15) is 15.8 Å². The van der Waals surface area contributed by atoms with Crippen LogP contribution in [0, 0.1) is 0 Å². The molecule has 3 aromatic heterocycles. The molecule has 5 nitrogen and oxygen atoms in total. The highest BCUT2D eigenvalue weighted by molar-refractivity contribution is 7.94. The van der Waals surface area contributed by atoms with Gasteiger partial charge < -0.3 is 10.3 Å². The fraction of sp³-hybridized carbons (Fsp3) is 0.167. The Hall–Kier alpha value is -2.00. The molecule has 0 fully saturated rings. The first-order valence-electron chi connectivity index (χ1n) is 8.02. The second kappa shape index (κ2) is 6.96. The molecule has 4 aromatic rings. The van der Waals surface area contributed by atoms with Gasteiger partial charge in [-0.15, -0.1) is 11.3 Å². The molecule has 4 rings (SSSR count). The molecule has 0 radical (unpaired) electrons. The Balaban J connectivity index is 2.02. The molecule has 1 atom stereocenters. The number of hydrogen-bond donors (Lipinski definition) is 1. The summed E-state index contributed by atoms with van der Waals surface area (Å²) in [6.45, 7) is 3.84. The van der Waals surface area contributed by atoms with E-state index < -0.39 is 11.2 Å². The van der Waals surface area contributed by atoms with Crippen molar-refractivity contribution in [3.63, 3.8) is 0 Å². The Morgan fingerprint density at radius 1 is 1.15 bits per heavy atom. The standard InChI is InChI=1S/C18H16N4OS3/c1-10(2)26(23)18-13(19)12-14(11-6-4-3-5-7-11)21-15(22-16(12)25-18)17-20-8-9-24-17/h3-10H,19H2,1-2H3. The molecular weight excluding hydrogens is 384 g/mol. The molecule has 0 aliphatic heterocycles. The first-order chi connectivity index (χ1) is 12.6. The van der Waals surface area contributed by atoms with E-state index in [1.165, 1.54) is 22.7 Å². The van der Waals surface area contributed by atoms with Gasteiger partial charge in [0.25, 0.3) is 0 Å². The number of thiophene rings is 1. The van der Waals surface area contributed by atoms with Gasteiger partial charge in [-0.2, -0.15) is 0 Å². The molecule has 3 heterocycles. The van der Waals surface area contributed by atoms with Gasteiger partial charge in [0.05, 0.1) is 11.1 Å². The summed E-state index contributed by atoms with van der Waals surface area (Å²) in [4.78, 5) is 14.5. The molecule has 0 amide bonds. The van der Waals surface area contributed by atoms with Gasteiger partial charge in [0, 0.05) is 28.3 Å². The number of anilines is 1. The van der Waals surface area contributed by atoms with Crippen molar-refractivity contribution in [3.8, 4) is 22.1 Å². The zero-order valence-corrected chi connectivity index (χ0v) is 16.6. The SMILES string of the molecule is CC(C)[S+]([O-])c1sc2nc(-c3nccs3)nc(-c3ccccc3)c2c1N. The molecule has 0 aliphatic rings. The van der Waals surface area contributed by atoms with E-state index in [1.807, 2.05) is 49.6 Å². The van der Waals surface area contributed by atoms with Crippen LogP contribution in [-0.4, -0.2) is 24.8 Å². The lowest BCUT2D eigenvalue weighted by atomic mass is 10.1. The van der Waals surface area contributed by atoms with Crippen LogP contribution >= 0.6 is 22.7 Å². The topological polar surface area (TPSA) is 87.8 Å². The van der Waals surface area contributed by atoms with Crippen LogP contribution in [0.25, 0.3) is 32.3 Å². The molecule has 26 heavy (non-hydrogen) atoms. The second-order valence-electron chi connectivity index (χ2n) is 5.93. The van der Waals surface area contributed by atoms with Gasteiger partial charge in [-0.1, -0.05) is 41.7 Å². The number of aromatic nitrogens is 3. The van der Waals surface area contributed by atoms with E-state index in [0.717, 1.165) is 26.5 Å². The third kappa shape index (κ3) is 2.99. The molecular formula is C18H16N4OS3. The van der Waals surface area contributed by atoms with E-state index in [9.17, 15) is 4.55 Å². The second-order valence-corrected chi connectivity index (χ2v) is 10.0. The summed E-state index contributed by atoms with van der Waals surface area (Å²) < 4.78 is 13.3. The fourth-order valence-corrected chi connectivity index (χ4v) is 5.89. The molecule has 1 unspecified atom stereocenters. The Morgan fingerprint density at radius 2 is 1.92 bits per heavy atom. The molecule has 2 N–H and O–H groups in total. The van der Waals surface area contributed by atoms with E-state index in [0.29, 0.717) is 15.7 Å². The molecule has 0 aliphatic carbocycles. The van der Waals surface area contributed by atoms with Gasteiger partial charge >= 0.3 is 0 Å². The monoisotopic (exact) mass is 400 g/mol. The van der Waals surface area contributed by atoms with Crippen molar-refractivity contribution in [1.82, 2.24) is 15.0 Å². The van der Waals surface area contributed by atoms with E-state index in [2.05, 4.69) is 9.97 Å². The largest absolute Gasteiger partial charge is 0.611 e. The van der Waals surface area contributed by atoms with E-state index >= 15 is 0 Å². The van der Waals surface area contributed by atoms with Crippen LogP contribution in [0.5, 0.6) is 0 Å². The van der Waals surface area contributed by atoms with Crippen molar-refractivity contribution in [3.05, 3.63) is 41.9 Å². The number of nitrogens with zero attached hydrogens (tertiary/aromatic N) is 3. The van der Waals surface area contributed by atoms with Crippen molar-refractivity contribution in [2.45, 2.75) is 23.3 Å². The van der Waals surface area contributed by atoms with Gasteiger partial charge in [0.2, 0.25) is 4.21 Å². The summed E-state index contributed by atoms with van der Waals surface area (Å²) >= 11 is 1.69. The molecule has 8 heteroatoms. The van der Waals surface area contributed by atoms with Crippen LogP contribution in [0.2, 0.25) is 0 Å². The Bertz CT molecular complexity index is 1050. The molecule has 132 valence electrons. The molecule has 0 saturated carbocycles. The molecule has 0 saturated heterocycles. The number of rotatable bonds is 4. The number of hydrogen-bond acceptors (Lipinski definition) is 7. The minimum Gasteiger partial charge on any atom is -0.611 e. The minimum absolute atomic E-state index is 0.0167. The third-order valence-corrected chi connectivity index (χ3v) is 7.68. The Kier molecular flexibility index (Phi) is 4.66. The summed E-state index contributed by atoms with van der Waals surface area (Å²) in [5, 5.41) is 3.40. The van der Waals surface area contributed by atoms with Crippen LogP contribution in [0.3, 0.4) is 0 Å². The van der Waals surface area contributed by atoms with Gasteiger partial charge in [-0.25, -0.2) is 15.0 Å². The summed E-state index contributed by atoms with van der Waals surface area (Å²) in [6, 6.07) is 9.86. The predicted molar refractivity (Wildman–Crippen MR) is 110 cm³/mol. The van der Waals surface area contributed by atoms with Crippen LogP contribution in [0.15, 0.2) is 46.1 Å². The maximum absolute atomic E-state index is 12.7. The van der Waals surface area contributed by atoms with E-state index in [-0.39, 0.29) is 5.25 Å². The van der Waals surface area contributed by atoms with E-state index in [4.69, 9.17) is 10.7 Å². The molecule has 1 aromatic carbocycles. The maximum atomic E-state index is 12.7. The van der Waals surface area contributed by atoms with Crippen molar-refractivity contribution in [2.75, 3.05) is 5.73 Å². The lowest BCUT2D eigenvalue weighted by molar-refractivity contribution is 0.589. The quantitative estimate of drug-likeness (QED) is 0.507. The van der Waals surface area contributed by atoms with Crippen molar-refractivity contribution < 1.29 is 4.55 Å². The number of nitrogens with two attached hydrogens (primary N) is 1. The highest BCUT2D eigenvalue weighted by Gasteiger charge is 2.27. The molecule has 0 bridgehead atoms. The first-order valence-corrected chi connectivity index (χ1v) is 10.9. The van der Waals surface area contributed by atoms with Gasteiger partial charge in [0.15, 0.2) is 10.8 Å². The highest BCUT2D eigenvalue weighted by Crippen LogP contribution is 2.42. The lowest BCUT2D eigenvalue weighted by Crippen LogP contribution is -2.13. The number of benzene rings is 1. The van der Waals surface area contributed by atoms with Crippen molar-refractivity contribution >= 4 is 49.8 Å². The molecule has 0 spiro atoms. The predicted octanol–water partition coefficient (Wildman–Crippen LogP) is 4.58.